The van der Waals surface area contributed by atoms with Crippen LogP contribution in [0.5, 0.6) is 0 Å². The van der Waals surface area contributed by atoms with Crippen LogP contribution in [-0.4, -0.2) is 9.97 Å². The number of hydrogen-bond acceptors (Lipinski definition) is 4. The van der Waals surface area contributed by atoms with Crippen LogP contribution in [0, 0.1) is 0 Å². The van der Waals surface area contributed by atoms with Crippen LogP contribution in [0.3, 0.4) is 0 Å². The van der Waals surface area contributed by atoms with Gasteiger partial charge in [-0.3, -0.25) is 4.98 Å². The molecular formula is C15H15N3S. The molecule has 0 radical (unpaired) electrons. The third-order valence-electron chi connectivity index (χ3n) is 3.08. The van der Waals surface area contributed by atoms with Crippen molar-refractivity contribution in [1.82, 2.24) is 15.3 Å². The molecule has 0 fully saturated rings. The summed E-state index contributed by atoms with van der Waals surface area (Å²) in [6, 6.07) is 12.6. The molecule has 0 aliphatic rings. The largest absolute Gasteiger partial charge is 0.304 e. The lowest BCUT2D eigenvalue weighted by Gasteiger charge is -2.12. The average molecular weight is 269 g/mol. The molecule has 0 spiro atoms. The molecule has 0 aliphatic heterocycles. The first kappa shape index (κ1) is 12.3. The second kappa shape index (κ2) is 5.47. The van der Waals surface area contributed by atoms with E-state index in [1.807, 2.05) is 18.3 Å². The van der Waals surface area contributed by atoms with Gasteiger partial charge in [0.05, 0.1) is 10.2 Å². The van der Waals surface area contributed by atoms with E-state index in [0.29, 0.717) is 0 Å². The van der Waals surface area contributed by atoms with Crippen molar-refractivity contribution in [2.75, 3.05) is 0 Å². The number of rotatable bonds is 4. The number of benzene rings is 1. The molecule has 3 rings (SSSR count). The summed E-state index contributed by atoms with van der Waals surface area (Å²) >= 11 is 1.75. The number of nitrogens with zero attached hydrogens (tertiary/aromatic N) is 2. The molecule has 4 heteroatoms. The van der Waals surface area contributed by atoms with Gasteiger partial charge < -0.3 is 5.32 Å². The quantitative estimate of drug-likeness (QED) is 0.787. The fraction of sp³-hybridized carbons (Fsp3) is 0.200. The van der Waals surface area contributed by atoms with Crippen molar-refractivity contribution in [3.8, 4) is 0 Å². The number of pyridine rings is 1. The SMILES string of the molecule is C[C@@H](NCc1nc2ccccc2s1)c1cccnc1. The van der Waals surface area contributed by atoms with Crippen molar-refractivity contribution < 1.29 is 0 Å². The van der Waals surface area contributed by atoms with Crippen molar-refractivity contribution in [1.29, 1.82) is 0 Å². The molecule has 1 atom stereocenters. The summed E-state index contributed by atoms with van der Waals surface area (Å²) in [6.45, 7) is 2.93. The lowest BCUT2D eigenvalue weighted by Crippen LogP contribution is -2.17. The summed E-state index contributed by atoms with van der Waals surface area (Å²) in [5.41, 5.74) is 2.28. The number of para-hydroxylation sites is 1. The average Bonchev–Trinajstić information content (AvgIpc) is 2.88. The van der Waals surface area contributed by atoms with E-state index in [2.05, 4.69) is 46.5 Å². The maximum atomic E-state index is 4.62. The van der Waals surface area contributed by atoms with E-state index in [-0.39, 0.29) is 6.04 Å². The number of thiazole rings is 1. The van der Waals surface area contributed by atoms with Gasteiger partial charge in [0.25, 0.3) is 0 Å². The van der Waals surface area contributed by atoms with Crippen LogP contribution in [-0.2, 0) is 6.54 Å². The van der Waals surface area contributed by atoms with E-state index in [9.17, 15) is 0 Å². The molecule has 0 amide bonds. The molecule has 96 valence electrons. The minimum absolute atomic E-state index is 0.278. The normalized spacial score (nSPS) is 12.7. The fourth-order valence-corrected chi connectivity index (χ4v) is 2.90. The van der Waals surface area contributed by atoms with Crippen molar-refractivity contribution in [2.45, 2.75) is 19.5 Å². The molecule has 1 aromatic carbocycles. The number of hydrogen-bond donors (Lipinski definition) is 1. The van der Waals surface area contributed by atoms with Crippen molar-refractivity contribution in [3.05, 3.63) is 59.4 Å². The molecule has 0 saturated heterocycles. The number of fused-ring (bicyclic) bond motifs is 1. The van der Waals surface area contributed by atoms with Gasteiger partial charge in [-0.05, 0) is 30.7 Å². The molecule has 2 heterocycles. The Kier molecular flexibility index (Phi) is 3.53. The van der Waals surface area contributed by atoms with Gasteiger partial charge >= 0.3 is 0 Å². The first-order valence-corrected chi connectivity index (χ1v) is 7.12. The van der Waals surface area contributed by atoms with Gasteiger partial charge in [0.2, 0.25) is 0 Å². The standard InChI is InChI=1S/C15H15N3S/c1-11(12-5-4-8-16-9-12)17-10-15-18-13-6-2-3-7-14(13)19-15/h2-9,11,17H,10H2,1H3/t11-/m1/s1. The van der Waals surface area contributed by atoms with Crippen LogP contribution in [0.2, 0.25) is 0 Å². The Labute approximate surface area is 116 Å². The Bertz CT molecular complexity index is 630. The summed E-state index contributed by atoms with van der Waals surface area (Å²) in [5, 5.41) is 4.61. The zero-order valence-corrected chi connectivity index (χ0v) is 11.5. The Morgan fingerprint density at radius 1 is 1.21 bits per heavy atom. The van der Waals surface area contributed by atoms with E-state index in [1.165, 1.54) is 10.3 Å². The van der Waals surface area contributed by atoms with Crippen LogP contribution in [0.25, 0.3) is 10.2 Å². The second-order valence-electron chi connectivity index (χ2n) is 4.46. The summed E-state index contributed by atoms with van der Waals surface area (Å²) in [5.74, 6) is 0. The van der Waals surface area contributed by atoms with Crippen molar-refractivity contribution >= 4 is 21.6 Å². The van der Waals surface area contributed by atoms with Gasteiger partial charge in [-0.15, -0.1) is 11.3 Å². The molecular weight excluding hydrogens is 254 g/mol. The molecule has 0 unspecified atom stereocenters. The van der Waals surface area contributed by atoms with Crippen molar-refractivity contribution in [3.63, 3.8) is 0 Å². The van der Waals surface area contributed by atoms with E-state index in [1.54, 1.807) is 17.5 Å². The van der Waals surface area contributed by atoms with Crippen LogP contribution >= 0.6 is 11.3 Å². The molecule has 0 bridgehead atoms. The van der Waals surface area contributed by atoms with E-state index in [4.69, 9.17) is 0 Å². The second-order valence-corrected chi connectivity index (χ2v) is 5.58. The van der Waals surface area contributed by atoms with Gasteiger partial charge in [0, 0.05) is 25.0 Å². The predicted octanol–water partition coefficient (Wildman–Crippen LogP) is 3.54. The number of nitrogens with one attached hydrogen (secondary N) is 1. The first-order valence-electron chi connectivity index (χ1n) is 6.31. The molecule has 3 nitrogen and oxygen atoms in total. The molecule has 19 heavy (non-hydrogen) atoms. The highest BCUT2D eigenvalue weighted by Crippen LogP contribution is 2.22. The summed E-state index contributed by atoms with van der Waals surface area (Å²) in [7, 11) is 0. The van der Waals surface area contributed by atoms with Gasteiger partial charge in [-0.2, -0.15) is 0 Å². The topological polar surface area (TPSA) is 37.8 Å². The Hall–Kier alpha value is -1.78. The summed E-state index contributed by atoms with van der Waals surface area (Å²) in [4.78, 5) is 8.76. The van der Waals surface area contributed by atoms with Gasteiger partial charge in [0.1, 0.15) is 5.01 Å². The van der Waals surface area contributed by atoms with E-state index < -0.39 is 0 Å². The molecule has 0 saturated carbocycles. The molecule has 3 aromatic rings. The number of aromatic nitrogens is 2. The highest BCUT2D eigenvalue weighted by molar-refractivity contribution is 7.18. The van der Waals surface area contributed by atoms with Crippen LogP contribution in [0.15, 0.2) is 48.8 Å². The third kappa shape index (κ3) is 2.80. The maximum absolute atomic E-state index is 4.62. The monoisotopic (exact) mass is 269 g/mol. The minimum atomic E-state index is 0.278. The molecule has 1 N–H and O–H groups in total. The van der Waals surface area contributed by atoms with E-state index in [0.717, 1.165) is 17.1 Å². The predicted molar refractivity (Wildman–Crippen MR) is 79.1 cm³/mol. The molecule has 2 aromatic heterocycles. The van der Waals surface area contributed by atoms with Gasteiger partial charge in [-0.25, -0.2) is 4.98 Å². The van der Waals surface area contributed by atoms with Crippen LogP contribution in [0.1, 0.15) is 23.5 Å². The van der Waals surface area contributed by atoms with Crippen LogP contribution < -0.4 is 5.32 Å². The minimum Gasteiger partial charge on any atom is -0.304 e. The zero-order chi connectivity index (χ0) is 13.1. The summed E-state index contributed by atoms with van der Waals surface area (Å²) in [6.07, 6.45) is 3.69. The third-order valence-corrected chi connectivity index (χ3v) is 4.12. The summed E-state index contributed by atoms with van der Waals surface area (Å²) < 4.78 is 1.24. The highest BCUT2D eigenvalue weighted by atomic mass is 32.1. The lowest BCUT2D eigenvalue weighted by atomic mass is 10.1. The van der Waals surface area contributed by atoms with E-state index >= 15 is 0 Å². The van der Waals surface area contributed by atoms with Gasteiger partial charge in [0.15, 0.2) is 0 Å². The zero-order valence-electron chi connectivity index (χ0n) is 10.7. The first-order chi connectivity index (χ1) is 9.33. The Morgan fingerprint density at radius 2 is 2.11 bits per heavy atom. The maximum Gasteiger partial charge on any atom is 0.108 e. The highest BCUT2D eigenvalue weighted by Gasteiger charge is 2.07. The van der Waals surface area contributed by atoms with Crippen LogP contribution in [0.4, 0.5) is 0 Å². The molecule has 0 aliphatic carbocycles. The Morgan fingerprint density at radius 3 is 2.89 bits per heavy atom. The van der Waals surface area contributed by atoms with Crippen molar-refractivity contribution in [2.24, 2.45) is 0 Å². The van der Waals surface area contributed by atoms with Gasteiger partial charge in [-0.1, -0.05) is 18.2 Å². The fourth-order valence-electron chi connectivity index (χ4n) is 1.99. The Balaban J connectivity index is 1.69. The lowest BCUT2D eigenvalue weighted by molar-refractivity contribution is 0.572. The smallest absolute Gasteiger partial charge is 0.108 e.